The second-order valence-electron chi connectivity index (χ2n) is 6.07. The summed E-state index contributed by atoms with van der Waals surface area (Å²) in [6.45, 7) is 1.12. The molecule has 1 N–H and O–H groups in total. The summed E-state index contributed by atoms with van der Waals surface area (Å²) in [5, 5.41) is 0. The SMILES string of the molecule is O=C(Nn1cnc2ccccc21)c1ccc(-c2ccc3c(c2)OCCO3)s1. The van der Waals surface area contributed by atoms with Gasteiger partial charge >= 0.3 is 0 Å². The van der Waals surface area contributed by atoms with E-state index in [0.29, 0.717) is 18.1 Å². The number of carbonyl (C=O) groups excluding carboxylic acids is 1. The van der Waals surface area contributed by atoms with Gasteiger partial charge in [-0.3, -0.25) is 10.2 Å². The molecular weight excluding hydrogens is 362 g/mol. The third-order valence-corrected chi connectivity index (χ3v) is 5.47. The lowest BCUT2D eigenvalue weighted by Gasteiger charge is -2.18. The molecule has 0 unspecified atom stereocenters. The minimum absolute atomic E-state index is 0.174. The Labute approximate surface area is 159 Å². The Morgan fingerprint density at radius 3 is 2.81 bits per heavy atom. The molecule has 134 valence electrons. The summed E-state index contributed by atoms with van der Waals surface area (Å²) in [5.74, 6) is 1.32. The highest BCUT2D eigenvalue weighted by Crippen LogP contribution is 2.36. The van der Waals surface area contributed by atoms with Crippen molar-refractivity contribution in [2.24, 2.45) is 0 Å². The molecule has 1 aliphatic rings. The average molecular weight is 377 g/mol. The molecule has 0 aliphatic carbocycles. The van der Waals surface area contributed by atoms with Crippen LogP contribution < -0.4 is 14.9 Å². The van der Waals surface area contributed by atoms with Crippen LogP contribution in [0.4, 0.5) is 0 Å². The van der Waals surface area contributed by atoms with Crippen molar-refractivity contribution in [1.29, 1.82) is 0 Å². The fourth-order valence-electron chi connectivity index (χ4n) is 3.02. The first-order valence-corrected chi connectivity index (χ1v) is 9.33. The summed E-state index contributed by atoms with van der Waals surface area (Å²) in [6, 6.07) is 17.2. The quantitative estimate of drug-likeness (QED) is 0.588. The first-order chi connectivity index (χ1) is 13.3. The lowest BCUT2D eigenvalue weighted by atomic mass is 10.1. The number of hydrogen-bond acceptors (Lipinski definition) is 5. The molecule has 0 atom stereocenters. The van der Waals surface area contributed by atoms with Crippen LogP contribution in [0.3, 0.4) is 0 Å². The molecule has 0 fully saturated rings. The van der Waals surface area contributed by atoms with Crippen LogP contribution in [-0.4, -0.2) is 28.8 Å². The normalized spacial score (nSPS) is 12.9. The molecule has 1 amide bonds. The van der Waals surface area contributed by atoms with E-state index >= 15 is 0 Å². The standard InChI is InChI=1S/C20H15N3O3S/c24-20(22-23-12-21-14-3-1-2-4-15(14)23)19-8-7-18(27-19)13-5-6-16-17(11-13)26-10-9-25-16/h1-8,11-12H,9-10H2,(H,22,24). The van der Waals surface area contributed by atoms with Gasteiger partial charge in [0.2, 0.25) is 0 Å². The number of thiophene rings is 1. The van der Waals surface area contributed by atoms with E-state index in [0.717, 1.165) is 33.0 Å². The molecule has 0 spiro atoms. The van der Waals surface area contributed by atoms with E-state index in [4.69, 9.17) is 9.47 Å². The average Bonchev–Trinajstić information content (AvgIpc) is 3.36. The fraction of sp³-hybridized carbons (Fsp3) is 0.100. The highest BCUT2D eigenvalue weighted by atomic mass is 32.1. The maximum atomic E-state index is 12.6. The van der Waals surface area contributed by atoms with Gasteiger partial charge in [0, 0.05) is 4.88 Å². The highest BCUT2D eigenvalue weighted by molar-refractivity contribution is 7.17. The minimum atomic E-state index is -0.174. The van der Waals surface area contributed by atoms with Crippen LogP contribution in [0.1, 0.15) is 9.67 Å². The Kier molecular flexibility index (Phi) is 3.79. The van der Waals surface area contributed by atoms with Gasteiger partial charge in [0.05, 0.1) is 15.9 Å². The number of fused-ring (bicyclic) bond motifs is 2. The summed E-state index contributed by atoms with van der Waals surface area (Å²) in [7, 11) is 0. The second kappa shape index (κ2) is 6.44. The molecule has 0 bridgehead atoms. The Balaban J connectivity index is 1.39. The van der Waals surface area contributed by atoms with E-state index in [2.05, 4.69) is 10.4 Å². The number of nitrogens with zero attached hydrogens (tertiary/aromatic N) is 2. The van der Waals surface area contributed by atoms with Gasteiger partial charge in [0.1, 0.15) is 19.5 Å². The number of benzene rings is 2. The molecule has 27 heavy (non-hydrogen) atoms. The number of hydrogen-bond donors (Lipinski definition) is 1. The zero-order chi connectivity index (χ0) is 18.2. The lowest BCUT2D eigenvalue weighted by Crippen LogP contribution is -2.21. The van der Waals surface area contributed by atoms with E-state index in [1.54, 1.807) is 11.0 Å². The summed E-state index contributed by atoms with van der Waals surface area (Å²) in [4.78, 5) is 18.5. The van der Waals surface area contributed by atoms with Gasteiger partial charge in [-0.25, -0.2) is 9.66 Å². The summed E-state index contributed by atoms with van der Waals surface area (Å²) < 4.78 is 12.8. The van der Waals surface area contributed by atoms with Crippen molar-refractivity contribution in [3.8, 4) is 21.9 Å². The predicted molar refractivity (Wildman–Crippen MR) is 104 cm³/mol. The van der Waals surface area contributed by atoms with Crippen molar-refractivity contribution in [3.05, 3.63) is 65.8 Å². The van der Waals surface area contributed by atoms with Gasteiger partial charge in [0.25, 0.3) is 5.91 Å². The number of ether oxygens (including phenoxy) is 2. The van der Waals surface area contributed by atoms with Crippen LogP contribution in [0.15, 0.2) is 60.9 Å². The van der Waals surface area contributed by atoms with E-state index in [-0.39, 0.29) is 5.91 Å². The monoisotopic (exact) mass is 377 g/mol. The zero-order valence-electron chi connectivity index (χ0n) is 14.2. The minimum Gasteiger partial charge on any atom is -0.486 e. The first-order valence-electron chi connectivity index (χ1n) is 8.51. The largest absolute Gasteiger partial charge is 0.486 e. The molecule has 0 radical (unpaired) electrons. The second-order valence-corrected chi connectivity index (χ2v) is 7.15. The van der Waals surface area contributed by atoms with E-state index in [1.165, 1.54) is 11.3 Å². The van der Waals surface area contributed by atoms with E-state index in [1.807, 2.05) is 54.6 Å². The number of imidazole rings is 1. The molecule has 2 aromatic heterocycles. The van der Waals surface area contributed by atoms with Gasteiger partial charge in [-0.2, -0.15) is 0 Å². The zero-order valence-corrected chi connectivity index (χ0v) is 15.0. The van der Waals surface area contributed by atoms with Crippen LogP contribution in [0, 0.1) is 0 Å². The maximum Gasteiger partial charge on any atom is 0.280 e. The maximum absolute atomic E-state index is 12.6. The summed E-state index contributed by atoms with van der Waals surface area (Å²) >= 11 is 1.43. The van der Waals surface area contributed by atoms with Gasteiger partial charge < -0.3 is 9.47 Å². The van der Waals surface area contributed by atoms with Gasteiger partial charge in [-0.15, -0.1) is 11.3 Å². The van der Waals surface area contributed by atoms with Crippen LogP contribution in [0.2, 0.25) is 0 Å². The molecule has 0 saturated carbocycles. The summed E-state index contributed by atoms with van der Waals surface area (Å²) in [5.41, 5.74) is 5.56. The molecule has 4 aromatic rings. The molecule has 7 heteroatoms. The van der Waals surface area contributed by atoms with Crippen molar-refractivity contribution in [2.75, 3.05) is 18.6 Å². The van der Waals surface area contributed by atoms with Crippen LogP contribution in [-0.2, 0) is 0 Å². The molecule has 3 heterocycles. The number of para-hydroxylation sites is 2. The fourth-order valence-corrected chi connectivity index (χ4v) is 3.92. The number of rotatable bonds is 3. The van der Waals surface area contributed by atoms with E-state index in [9.17, 15) is 4.79 Å². The highest BCUT2D eigenvalue weighted by Gasteiger charge is 2.15. The Bertz CT molecular complexity index is 1150. The van der Waals surface area contributed by atoms with Crippen molar-refractivity contribution >= 4 is 28.3 Å². The van der Waals surface area contributed by atoms with Crippen LogP contribution in [0.25, 0.3) is 21.5 Å². The van der Waals surface area contributed by atoms with Gasteiger partial charge in [-0.1, -0.05) is 12.1 Å². The predicted octanol–water partition coefficient (Wildman–Crippen LogP) is 3.92. The van der Waals surface area contributed by atoms with Crippen LogP contribution in [0.5, 0.6) is 11.5 Å². The Morgan fingerprint density at radius 2 is 1.89 bits per heavy atom. The van der Waals surface area contributed by atoms with Crippen LogP contribution >= 0.6 is 11.3 Å². The molecule has 5 rings (SSSR count). The number of amides is 1. The van der Waals surface area contributed by atoms with Crippen molar-refractivity contribution in [2.45, 2.75) is 0 Å². The lowest BCUT2D eigenvalue weighted by molar-refractivity contribution is 0.101. The molecular formula is C20H15N3O3S. The van der Waals surface area contributed by atoms with Gasteiger partial charge in [0.15, 0.2) is 11.5 Å². The third-order valence-electron chi connectivity index (χ3n) is 4.33. The molecule has 6 nitrogen and oxygen atoms in total. The molecule has 0 saturated heterocycles. The van der Waals surface area contributed by atoms with Gasteiger partial charge in [-0.05, 0) is 48.0 Å². The van der Waals surface area contributed by atoms with Crippen molar-refractivity contribution < 1.29 is 14.3 Å². The summed E-state index contributed by atoms with van der Waals surface area (Å²) in [6.07, 6.45) is 1.61. The molecule has 1 aliphatic heterocycles. The third kappa shape index (κ3) is 2.92. The smallest absolute Gasteiger partial charge is 0.280 e. The first kappa shape index (κ1) is 15.9. The number of aromatic nitrogens is 2. The van der Waals surface area contributed by atoms with E-state index < -0.39 is 0 Å². The van der Waals surface area contributed by atoms with Crippen molar-refractivity contribution in [3.63, 3.8) is 0 Å². The number of nitrogens with one attached hydrogen (secondary N) is 1. The van der Waals surface area contributed by atoms with Crippen molar-refractivity contribution in [1.82, 2.24) is 9.66 Å². The Morgan fingerprint density at radius 1 is 1.04 bits per heavy atom. The Hall–Kier alpha value is -3.32. The number of carbonyl (C=O) groups is 1. The molecule has 2 aromatic carbocycles. The topological polar surface area (TPSA) is 65.4 Å².